The minimum atomic E-state index is -0.526. The molecule has 0 fully saturated rings. The molecule has 0 bridgehead atoms. The summed E-state index contributed by atoms with van der Waals surface area (Å²) >= 11 is 0. The van der Waals surface area contributed by atoms with Crippen LogP contribution in [0.3, 0.4) is 0 Å². The van der Waals surface area contributed by atoms with Crippen molar-refractivity contribution in [3.05, 3.63) is 47.5 Å². The lowest BCUT2D eigenvalue weighted by Gasteiger charge is -2.23. The number of amides is 2. The Kier molecular flexibility index (Phi) is 4.61. The molecule has 0 aromatic heterocycles. The van der Waals surface area contributed by atoms with Crippen molar-refractivity contribution in [1.29, 1.82) is 0 Å². The average Bonchev–Trinajstić information content (AvgIpc) is 2.56. The number of methoxy groups -OCH3 is 1. The Bertz CT molecular complexity index is 832. The van der Waals surface area contributed by atoms with Gasteiger partial charge >= 0.3 is 0 Å². The highest BCUT2D eigenvalue weighted by molar-refractivity contribution is 5.99. The van der Waals surface area contributed by atoms with Crippen LogP contribution in [0.15, 0.2) is 36.4 Å². The van der Waals surface area contributed by atoms with Crippen molar-refractivity contribution >= 4 is 23.2 Å². The molecule has 1 heterocycles. The van der Waals surface area contributed by atoms with Crippen molar-refractivity contribution < 1.29 is 19.1 Å². The fraction of sp³-hybridized carbons (Fsp3) is 0.263. The van der Waals surface area contributed by atoms with Crippen LogP contribution in [0.25, 0.3) is 0 Å². The van der Waals surface area contributed by atoms with Crippen molar-refractivity contribution in [1.82, 2.24) is 0 Å². The summed E-state index contributed by atoms with van der Waals surface area (Å²) in [6, 6.07) is 10.9. The van der Waals surface area contributed by atoms with Gasteiger partial charge in [-0.05, 0) is 38.1 Å². The molecule has 6 heteroatoms. The van der Waals surface area contributed by atoms with Gasteiger partial charge in [0.1, 0.15) is 11.5 Å². The van der Waals surface area contributed by atoms with E-state index in [2.05, 4.69) is 10.6 Å². The van der Waals surface area contributed by atoms with Gasteiger partial charge in [0.25, 0.3) is 5.91 Å². The third-order valence-corrected chi connectivity index (χ3v) is 3.98. The molecule has 1 unspecified atom stereocenters. The van der Waals surface area contributed by atoms with Gasteiger partial charge in [0, 0.05) is 11.3 Å². The summed E-state index contributed by atoms with van der Waals surface area (Å²) in [6.45, 7) is 3.65. The molecule has 0 radical (unpaired) electrons. The van der Waals surface area contributed by atoms with Crippen LogP contribution in [-0.4, -0.2) is 25.0 Å². The third-order valence-electron chi connectivity index (χ3n) is 3.98. The van der Waals surface area contributed by atoms with Crippen LogP contribution >= 0.6 is 0 Å². The van der Waals surface area contributed by atoms with Gasteiger partial charge in [-0.3, -0.25) is 9.59 Å². The van der Waals surface area contributed by atoms with Crippen LogP contribution < -0.4 is 20.1 Å². The van der Waals surface area contributed by atoms with Gasteiger partial charge in [0.2, 0.25) is 5.91 Å². The molecule has 2 N–H and O–H groups in total. The highest BCUT2D eigenvalue weighted by Crippen LogP contribution is 2.32. The van der Waals surface area contributed by atoms with Gasteiger partial charge in [0.15, 0.2) is 6.10 Å². The van der Waals surface area contributed by atoms with Crippen molar-refractivity contribution in [2.24, 2.45) is 0 Å². The first-order valence-electron chi connectivity index (χ1n) is 8.01. The number of carbonyl (C=O) groups is 2. The Morgan fingerprint density at radius 1 is 1.28 bits per heavy atom. The molecule has 0 spiro atoms. The summed E-state index contributed by atoms with van der Waals surface area (Å²) in [7, 11) is 1.58. The fourth-order valence-corrected chi connectivity index (χ4v) is 2.71. The zero-order valence-corrected chi connectivity index (χ0v) is 14.4. The monoisotopic (exact) mass is 340 g/mol. The molecule has 1 aliphatic heterocycles. The second-order valence-electron chi connectivity index (χ2n) is 6.00. The summed E-state index contributed by atoms with van der Waals surface area (Å²) in [6.07, 6.45) is -0.330. The first kappa shape index (κ1) is 16.8. The van der Waals surface area contributed by atoms with Crippen LogP contribution in [0.5, 0.6) is 11.5 Å². The molecular weight excluding hydrogens is 320 g/mol. The number of hydrogen-bond donors (Lipinski definition) is 2. The van der Waals surface area contributed by atoms with E-state index in [9.17, 15) is 9.59 Å². The number of rotatable bonds is 4. The molecular formula is C19H20N2O4. The Morgan fingerprint density at radius 2 is 2.08 bits per heavy atom. The number of fused-ring (bicyclic) bond motifs is 1. The predicted octanol–water partition coefficient (Wildman–Crippen LogP) is 2.90. The maximum atomic E-state index is 12.4. The van der Waals surface area contributed by atoms with Gasteiger partial charge in [-0.2, -0.15) is 0 Å². The van der Waals surface area contributed by atoms with Gasteiger partial charge in [-0.25, -0.2) is 0 Å². The molecule has 0 saturated carbocycles. The largest absolute Gasteiger partial charge is 0.496 e. The van der Waals surface area contributed by atoms with E-state index in [0.717, 1.165) is 11.1 Å². The van der Waals surface area contributed by atoms with Crippen molar-refractivity contribution in [2.75, 3.05) is 17.7 Å². The first-order chi connectivity index (χ1) is 12.0. The summed E-state index contributed by atoms with van der Waals surface area (Å²) in [5.41, 5.74) is 3.03. The van der Waals surface area contributed by atoms with E-state index in [1.165, 1.54) is 0 Å². The third kappa shape index (κ3) is 3.74. The van der Waals surface area contributed by atoms with Crippen molar-refractivity contribution in [3.8, 4) is 11.5 Å². The summed E-state index contributed by atoms with van der Waals surface area (Å²) in [5, 5.41) is 5.60. The van der Waals surface area contributed by atoms with E-state index >= 15 is 0 Å². The van der Waals surface area contributed by atoms with E-state index in [1.807, 2.05) is 25.1 Å². The van der Waals surface area contributed by atoms with E-state index in [4.69, 9.17) is 9.47 Å². The fourth-order valence-electron chi connectivity index (χ4n) is 2.71. The molecule has 2 amide bonds. The molecule has 1 atom stereocenters. The summed E-state index contributed by atoms with van der Waals surface area (Å²) < 4.78 is 10.8. The Morgan fingerprint density at radius 3 is 2.84 bits per heavy atom. The average molecular weight is 340 g/mol. The van der Waals surface area contributed by atoms with Crippen LogP contribution in [0.4, 0.5) is 11.4 Å². The minimum absolute atomic E-state index is 0.166. The second kappa shape index (κ2) is 6.84. The van der Waals surface area contributed by atoms with Gasteiger partial charge in [0.05, 0.1) is 19.2 Å². The smallest absolute Gasteiger partial charge is 0.265 e. The number of anilines is 2. The van der Waals surface area contributed by atoms with Crippen LogP contribution in [-0.2, 0) is 16.0 Å². The number of aryl methyl sites for hydroxylation is 1. The maximum Gasteiger partial charge on any atom is 0.265 e. The predicted molar refractivity (Wildman–Crippen MR) is 95.2 cm³/mol. The maximum absolute atomic E-state index is 12.4. The lowest BCUT2D eigenvalue weighted by atomic mass is 10.1. The standard InChI is InChI=1S/C19H20N2O4/c1-11-4-6-16(24-3)13(8-11)9-18(22)20-14-5-7-17-15(10-14)21-19(23)12(2)25-17/h4-8,10,12H,9H2,1-3H3,(H,20,22)(H,21,23). The van der Waals surface area contributed by atoms with Crippen LogP contribution in [0.1, 0.15) is 18.1 Å². The molecule has 1 aliphatic rings. The van der Waals surface area contributed by atoms with E-state index < -0.39 is 6.10 Å². The molecule has 3 rings (SSSR count). The lowest BCUT2D eigenvalue weighted by Crippen LogP contribution is -2.34. The van der Waals surface area contributed by atoms with Crippen LogP contribution in [0.2, 0.25) is 0 Å². The normalized spacial score (nSPS) is 15.6. The minimum Gasteiger partial charge on any atom is -0.496 e. The van der Waals surface area contributed by atoms with E-state index in [0.29, 0.717) is 22.9 Å². The van der Waals surface area contributed by atoms with E-state index in [-0.39, 0.29) is 18.2 Å². The molecule has 130 valence electrons. The summed E-state index contributed by atoms with van der Waals surface area (Å²) in [5.74, 6) is 0.895. The lowest BCUT2D eigenvalue weighted by molar-refractivity contribution is -0.122. The zero-order valence-electron chi connectivity index (χ0n) is 14.4. The highest BCUT2D eigenvalue weighted by Gasteiger charge is 2.23. The molecule has 6 nitrogen and oxygen atoms in total. The van der Waals surface area contributed by atoms with Gasteiger partial charge in [-0.1, -0.05) is 17.7 Å². The molecule has 2 aromatic carbocycles. The Hall–Kier alpha value is -3.02. The molecule has 2 aromatic rings. The van der Waals surface area contributed by atoms with Crippen LogP contribution in [0, 0.1) is 6.92 Å². The summed E-state index contributed by atoms with van der Waals surface area (Å²) in [4.78, 5) is 24.1. The topological polar surface area (TPSA) is 76.7 Å². The number of carbonyl (C=O) groups excluding carboxylic acids is 2. The van der Waals surface area contributed by atoms with Gasteiger partial charge < -0.3 is 20.1 Å². The first-order valence-corrected chi connectivity index (χ1v) is 8.01. The number of hydrogen-bond acceptors (Lipinski definition) is 4. The van der Waals surface area contributed by atoms with Crippen molar-refractivity contribution in [2.45, 2.75) is 26.4 Å². The van der Waals surface area contributed by atoms with Crippen molar-refractivity contribution in [3.63, 3.8) is 0 Å². The number of benzene rings is 2. The quantitative estimate of drug-likeness (QED) is 0.897. The van der Waals surface area contributed by atoms with E-state index in [1.54, 1.807) is 32.2 Å². The SMILES string of the molecule is COc1ccc(C)cc1CC(=O)Nc1ccc2c(c1)NC(=O)C(C)O2. The molecule has 25 heavy (non-hydrogen) atoms. The molecule has 0 aliphatic carbocycles. The number of ether oxygens (including phenoxy) is 2. The zero-order chi connectivity index (χ0) is 18.0. The second-order valence-corrected chi connectivity index (χ2v) is 6.00. The highest BCUT2D eigenvalue weighted by atomic mass is 16.5. The van der Waals surface area contributed by atoms with Gasteiger partial charge in [-0.15, -0.1) is 0 Å². The number of nitrogens with one attached hydrogen (secondary N) is 2. The Balaban J connectivity index is 1.73. The Labute approximate surface area is 146 Å². The molecule has 0 saturated heterocycles.